The second kappa shape index (κ2) is 6.68. The number of carbonyl (C=O) groups excluding carboxylic acids is 2. The van der Waals surface area contributed by atoms with E-state index in [1.807, 2.05) is 18.7 Å². The molecule has 6 heteroatoms. The summed E-state index contributed by atoms with van der Waals surface area (Å²) in [6.45, 7) is 7.35. The van der Waals surface area contributed by atoms with Gasteiger partial charge in [0.25, 0.3) is 0 Å². The molecule has 0 unspecified atom stereocenters. The van der Waals surface area contributed by atoms with E-state index in [1.54, 1.807) is 13.0 Å². The van der Waals surface area contributed by atoms with Crippen LogP contribution in [0.1, 0.15) is 37.6 Å². The minimum absolute atomic E-state index is 0.0447. The van der Waals surface area contributed by atoms with Crippen molar-refractivity contribution in [1.29, 1.82) is 0 Å². The Labute approximate surface area is 129 Å². The van der Waals surface area contributed by atoms with Crippen LogP contribution in [0.3, 0.4) is 0 Å². The van der Waals surface area contributed by atoms with Crippen LogP contribution in [0.15, 0.2) is 18.2 Å². The van der Waals surface area contributed by atoms with E-state index >= 15 is 0 Å². The lowest BCUT2D eigenvalue weighted by Crippen LogP contribution is -2.23. The summed E-state index contributed by atoms with van der Waals surface area (Å²) in [5.74, 6) is -1.42. The van der Waals surface area contributed by atoms with Gasteiger partial charge in [-0.1, -0.05) is 0 Å². The third kappa shape index (κ3) is 3.32. The Kier molecular flexibility index (Phi) is 4.90. The topological polar surface area (TPSA) is 76.1 Å². The van der Waals surface area contributed by atoms with Gasteiger partial charge in [0.1, 0.15) is 17.4 Å². The first-order valence-corrected chi connectivity index (χ1v) is 7.45. The third-order valence-corrected chi connectivity index (χ3v) is 3.71. The molecule has 0 aliphatic carbocycles. The van der Waals surface area contributed by atoms with E-state index in [0.29, 0.717) is 6.42 Å². The molecule has 1 aliphatic heterocycles. The average molecular weight is 307 g/mol. The number of ether oxygens (including phenoxy) is 2. The summed E-state index contributed by atoms with van der Waals surface area (Å²) in [4.78, 5) is 25.6. The highest BCUT2D eigenvalue weighted by molar-refractivity contribution is 5.94. The molecule has 2 atom stereocenters. The maximum Gasteiger partial charge on any atom is 0.347 e. The molecule has 2 rings (SSSR count). The average Bonchev–Trinajstić information content (AvgIpc) is 2.78. The Balaban J connectivity index is 2.12. The van der Waals surface area contributed by atoms with Crippen molar-refractivity contribution < 1.29 is 24.2 Å². The first-order valence-electron chi connectivity index (χ1n) is 7.45. The zero-order chi connectivity index (χ0) is 16.3. The van der Waals surface area contributed by atoms with Crippen molar-refractivity contribution >= 4 is 17.6 Å². The van der Waals surface area contributed by atoms with Crippen LogP contribution in [0.2, 0.25) is 0 Å². The molecule has 6 nitrogen and oxygen atoms in total. The molecular weight excluding hydrogens is 286 g/mol. The molecule has 1 aliphatic rings. The van der Waals surface area contributed by atoms with Crippen molar-refractivity contribution in [3.8, 4) is 5.75 Å². The monoisotopic (exact) mass is 307 g/mol. The Morgan fingerprint density at radius 2 is 2.09 bits per heavy atom. The highest BCUT2D eigenvalue weighted by atomic mass is 16.6. The predicted octanol–water partition coefficient (Wildman–Crippen LogP) is 2.10. The van der Waals surface area contributed by atoms with E-state index in [-0.39, 0.29) is 17.4 Å². The maximum absolute atomic E-state index is 12.1. The van der Waals surface area contributed by atoms with Gasteiger partial charge in [0.05, 0.1) is 0 Å². The summed E-state index contributed by atoms with van der Waals surface area (Å²) >= 11 is 0. The maximum atomic E-state index is 12.1. The number of phenols is 1. The predicted molar refractivity (Wildman–Crippen MR) is 81.0 cm³/mol. The molecule has 1 heterocycles. The number of cyclic esters (lactones) is 1. The van der Waals surface area contributed by atoms with Gasteiger partial charge in [-0.3, -0.25) is 0 Å². The normalized spacial score (nSPS) is 20.6. The number of hydrogen-bond acceptors (Lipinski definition) is 6. The molecule has 1 saturated heterocycles. The molecular formula is C16H21NO5. The summed E-state index contributed by atoms with van der Waals surface area (Å²) in [7, 11) is 0. The number of esters is 2. The quantitative estimate of drug-likeness (QED) is 0.840. The van der Waals surface area contributed by atoms with E-state index in [4.69, 9.17) is 9.47 Å². The number of aromatic hydroxyl groups is 1. The van der Waals surface area contributed by atoms with Crippen molar-refractivity contribution in [2.45, 2.75) is 39.4 Å². The van der Waals surface area contributed by atoms with Gasteiger partial charge in [-0.05, 0) is 32.9 Å². The number of rotatable bonds is 5. The highest BCUT2D eigenvalue weighted by Gasteiger charge is 2.35. The Morgan fingerprint density at radius 1 is 1.41 bits per heavy atom. The van der Waals surface area contributed by atoms with E-state index in [1.165, 1.54) is 12.1 Å². The largest absolute Gasteiger partial charge is 0.507 e. The van der Waals surface area contributed by atoms with Crippen LogP contribution < -0.4 is 4.90 Å². The Morgan fingerprint density at radius 3 is 2.59 bits per heavy atom. The van der Waals surface area contributed by atoms with E-state index < -0.39 is 18.0 Å². The molecule has 0 radical (unpaired) electrons. The van der Waals surface area contributed by atoms with Gasteiger partial charge in [0, 0.05) is 31.3 Å². The summed E-state index contributed by atoms with van der Waals surface area (Å²) < 4.78 is 10.1. The molecule has 0 aromatic heterocycles. The lowest BCUT2D eigenvalue weighted by Gasteiger charge is -2.21. The number of nitrogens with zero attached hydrogens (tertiary/aromatic N) is 1. The summed E-state index contributed by atoms with van der Waals surface area (Å²) in [5, 5.41) is 10.0. The van der Waals surface area contributed by atoms with E-state index in [2.05, 4.69) is 0 Å². The molecule has 0 bridgehead atoms. The first-order chi connectivity index (χ1) is 10.5. The lowest BCUT2D eigenvalue weighted by atomic mass is 10.1. The van der Waals surface area contributed by atoms with Gasteiger partial charge in [-0.15, -0.1) is 0 Å². The van der Waals surface area contributed by atoms with Crippen LogP contribution in [-0.2, 0) is 14.3 Å². The van der Waals surface area contributed by atoms with Gasteiger partial charge in [0.2, 0.25) is 6.10 Å². The van der Waals surface area contributed by atoms with E-state index in [9.17, 15) is 14.7 Å². The molecule has 120 valence electrons. The number of anilines is 1. The fourth-order valence-corrected chi connectivity index (χ4v) is 2.49. The minimum atomic E-state index is -0.899. The van der Waals surface area contributed by atoms with Gasteiger partial charge in [0.15, 0.2) is 0 Å². The van der Waals surface area contributed by atoms with Crippen LogP contribution in [0.5, 0.6) is 5.75 Å². The molecule has 0 amide bonds. The number of phenolic OH excluding ortho intramolecular Hbond substituents is 1. The summed E-state index contributed by atoms with van der Waals surface area (Å²) in [6.07, 6.45) is -0.823. The molecule has 1 N–H and O–H groups in total. The Hall–Kier alpha value is -2.24. The number of benzene rings is 1. The van der Waals surface area contributed by atoms with Crippen molar-refractivity contribution in [2.24, 2.45) is 0 Å². The molecule has 1 aromatic carbocycles. The molecule has 1 fully saturated rings. The fourth-order valence-electron chi connectivity index (χ4n) is 2.49. The Bertz CT molecular complexity index is 568. The summed E-state index contributed by atoms with van der Waals surface area (Å²) in [6, 6.07) is 4.78. The molecule has 0 spiro atoms. The van der Waals surface area contributed by atoms with Crippen LogP contribution in [0.4, 0.5) is 5.69 Å². The van der Waals surface area contributed by atoms with Crippen LogP contribution in [0.25, 0.3) is 0 Å². The van der Waals surface area contributed by atoms with Crippen molar-refractivity contribution in [3.63, 3.8) is 0 Å². The van der Waals surface area contributed by atoms with Crippen molar-refractivity contribution in [3.05, 3.63) is 23.8 Å². The first kappa shape index (κ1) is 16.1. The molecule has 22 heavy (non-hydrogen) atoms. The standard InChI is InChI=1S/C16H21NO5/c1-4-17(5-2)11-6-7-12(13(18)9-11)15(19)22-14-8-10(3)21-16(14)20/h6-7,9-10,14,18H,4-5,8H2,1-3H3/t10-,14+/m1/s1. The van der Waals surface area contributed by atoms with E-state index in [0.717, 1.165) is 18.8 Å². The number of hydrogen-bond donors (Lipinski definition) is 1. The van der Waals surface area contributed by atoms with Gasteiger partial charge >= 0.3 is 11.9 Å². The van der Waals surface area contributed by atoms with Crippen molar-refractivity contribution in [2.75, 3.05) is 18.0 Å². The minimum Gasteiger partial charge on any atom is -0.507 e. The van der Waals surface area contributed by atoms with Gasteiger partial charge < -0.3 is 19.5 Å². The highest BCUT2D eigenvalue weighted by Crippen LogP contribution is 2.27. The zero-order valence-electron chi connectivity index (χ0n) is 13.0. The second-order valence-electron chi connectivity index (χ2n) is 5.25. The van der Waals surface area contributed by atoms with Gasteiger partial charge in [-0.2, -0.15) is 0 Å². The van der Waals surface area contributed by atoms with Crippen LogP contribution in [0, 0.1) is 0 Å². The lowest BCUT2D eigenvalue weighted by molar-refractivity contribution is -0.147. The SMILES string of the molecule is CCN(CC)c1ccc(C(=O)O[C@H]2C[C@@H](C)OC2=O)c(O)c1. The molecule has 0 saturated carbocycles. The number of carbonyl (C=O) groups is 2. The third-order valence-electron chi connectivity index (χ3n) is 3.71. The molecule has 1 aromatic rings. The van der Waals surface area contributed by atoms with Crippen LogP contribution in [-0.4, -0.2) is 42.3 Å². The smallest absolute Gasteiger partial charge is 0.347 e. The van der Waals surface area contributed by atoms with Crippen LogP contribution >= 0.6 is 0 Å². The summed E-state index contributed by atoms with van der Waals surface area (Å²) in [5.41, 5.74) is 0.871. The second-order valence-corrected chi connectivity index (χ2v) is 5.25. The zero-order valence-corrected chi connectivity index (χ0v) is 13.0. The van der Waals surface area contributed by atoms with Crippen molar-refractivity contribution in [1.82, 2.24) is 0 Å². The van der Waals surface area contributed by atoms with Gasteiger partial charge in [-0.25, -0.2) is 9.59 Å². The fraction of sp³-hybridized carbons (Fsp3) is 0.500.